The molecule has 4 aliphatic carbocycles. The van der Waals surface area contributed by atoms with E-state index in [0.29, 0.717) is 0 Å². The second-order valence-corrected chi connectivity index (χ2v) is 12.7. The summed E-state index contributed by atoms with van der Waals surface area (Å²) in [4.78, 5) is 5.61. The minimum Gasteiger partial charge on any atom is -0.366 e. The highest BCUT2D eigenvalue weighted by atomic mass is 15.2. The Kier molecular flexibility index (Phi) is 10.9. The number of rotatable bonds is 6. The molecule has 4 fully saturated rings. The normalized spacial score (nSPS) is 22.3. The molecule has 0 aromatic heterocycles. The average molecular weight is 515 g/mol. The molecule has 0 heterocycles. The minimum atomic E-state index is 0.805. The van der Waals surface area contributed by atoms with Crippen molar-refractivity contribution in [3.63, 3.8) is 0 Å². The molecule has 0 spiro atoms. The van der Waals surface area contributed by atoms with E-state index in [-0.39, 0.29) is 0 Å². The van der Waals surface area contributed by atoms with E-state index >= 15 is 0 Å². The zero-order valence-electron chi connectivity index (χ0n) is 24.1. The van der Waals surface area contributed by atoms with Gasteiger partial charge in [-0.15, -0.1) is 0 Å². The lowest BCUT2D eigenvalue weighted by molar-refractivity contribution is 0.340. The Labute approximate surface area is 234 Å². The lowest BCUT2D eigenvalue weighted by Gasteiger charge is -2.43. The van der Waals surface area contributed by atoms with E-state index in [2.05, 4.69) is 70.5 Å². The van der Waals surface area contributed by atoms with Gasteiger partial charge in [-0.3, -0.25) is 0 Å². The number of benzene rings is 2. The zero-order valence-corrected chi connectivity index (χ0v) is 24.1. The van der Waals surface area contributed by atoms with Gasteiger partial charge in [0.15, 0.2) is 0 Å². The summed E-state index contributed by atoms with van der Waals surface area (Å²) >= 11 is 0. The van der Waals surface area contributed by atoms with E-state index in [1.807, 2.05) is 0 Å². The molecule has 208 valence electrons. The lowest BCUT2D eigenvalue weighted by atomic mass is 9.88. The first-order valence-electron chi connectivity index (χ1n) is 16.6. The smallest absolute Gasteiger partial charge is 0.0371 e. The van der Waals surface area contributed by atoms with Gasteiger partial charge < -0.3 is 9.80 Å². The first-order valence-corrected chi connectivity index (χ1v) is 16.6. The first-order chi connectivity index (χ1) is 18.9. The summed E-state index contributed by atoms with van der Waals surface area (Å²) in [5.41, 5.74) is 2.95. The van der Waals surface area contributed by atoms with Gasteiger partial charge in [-0.2, -0.15) is 0 Å². The predicted molar refractivity (Wildman–Crippen MR) is 165 cm³/mol. The van der Waals surface area contributed by atoms with Gasteiger partial charge in [0.25, 0.3) is 0 Å². The van der Waals surface area contributed by atoms with Gasteiger partial charge >= 0.3 is 0 Å². The maximum Gasteiger partial charge on any atom is 0.0371 e. The van der Waals surface area contributed by atoms with Crippen LogP contribution in [0.2, 0.25) is 0 Å². The van der Waals surface area contributed by atoms with Crippen LogP contribution in [-0.2, 0) is 0 Å². The third kappa shape index (κ3) is 7.57. The maximum atomic E-state index is 2.80. The van der Waals surface area contributed by atoms with Crippen LogP contribution in [0, 0.1) is 0 Å². The molecule has 0 N–H and O–H groups in total. The molecule has 0 saturated heterocycles. The summed E-state index contributed by atoms with van der Waals surface area (Å²) in [5, 5.41) is 0. The summed E-state index contributed by atoms with van der Waals surface area (Å²) in [6, 6.07) is 25.6. The van der Waals surface area contributed by atoms with Crippen LogP contribution in [0.25, 0.3) is 0 Å². The van der Waals surface area contributed by atoms with E-state index in [0.717, 1.165) is 24.2 Å². The molecule has 0 aliphatic heterocycles. The fraction of sp³-hybridized carbons (Fsp3) is 0.667. The Morgan fingerprint density at radius 3 is 0.789 bits per heavy atom. The maximum absolute atomic E-state index is 2.80. The Balaban J connectivity index is 0.000000155. The Morgan fingerprint density at radius 1 is 0.316 bits per heavy atom. The van der Waals surface area contributed by atoms with Crippen LogP contribution < -0.4 is 9.80 Å². The van der Waals surface area contributed by atoms with Gasteiger partial charge in [-0.1, -0.05) is 113 Å². The molecule has 0 bridgehead atoms. The topological polar surface area (TPSA) is 6.48 Å². The largest absolute Gasteiger partial charge is 0.366 e. The molecule has 4 aliphatic rings. The van der Waals surface area contributed by atoms with Crippen LogP contribution in [0.5, 0.6) is 0 Å². The van der Waals surface area contributed by atoms with Gasteiger partial charge in [0.1, 0.15) is 0 Å². The fourth-order valence-electron chi connectivity index (χ4n) is 8.08. The Hall–Kier alpha value is -1.96. The number of hydrogen-bond acceptors (Lipinski definition) is 2. The van der Waals surface area contributed by atoms with Crippen molar-refractivity contribution in [3.05, 3.63) is 60.7 Å². The highest BCUT2D eigenvalue weighted by Gasteiger charge is 2.30. The number of nitrogens with zero attached hydrogens (tertiary/aromatic N) is 2. The average Bonchev–Trinajstić information content (AvgIpc) is 3.01. The van der Waals surface area contributed by atoms with Gasteiger partial charge in [-0.25, -0.2) is 0 Å². The van der Waals surface area contributed by atoms with Gasteiger partial charge in [0, 0.05) is 35.5 Å². The van der Waals surface area contributed by atoms with E-state index in [4.69, 9.17) is 0 Å². The van der Waals surface area contributed by atoms with Crippen molar-refractivity contribution < 1.29 is 0 Å². The zero-order chi connectivity index (χ0) is 25.8. The second-order valence-electron chi connectivity index (χ2n) is 12.7. The van der Waals surface area contributed by atoms with Crippen molar-refractivity contribution in [2.75, 3.05) is 9.80 Å². The number of anilines is 2. The molecule has 0 amide bonds. The van der Waals surface area contributed by atoms with Gasteiger partial charge in [0.2, 0.25) is 0 Å². The highest BCUT2D eigenvalue weighted by Crippen LogP contribution is 2.35. The van der Waals surface area contributed by atoms with E-state index in [1.165, 1.54) is 140 Å². The quantitative estimate of drug-likeness (QED) is 0.378. The van der Waals surface area contributed by atoms with Crippen molar-refractivity contribution in [2.45, 2.75) is 153 Å². The van der Waals surface area contributed by atoms with Gasteiger partial charge in [-0.05, 0) is 75.6 Å². The van der Waals surface area contributed by atoms with Crippen LogP contribution in [0.15, 0.2) is 60.7 Å². The van der Waals surface area contributed by atoms with E-state index in [1.54, 1.807) is 0 Å². The highest BCUT2D eigenvalue weighted by molar-refractivity contribution is 5.49. The van der Waals surface area contributed by atoms with Crippen LogP contribution in [0.1, 0.15) is 128 Å². The van der Waals surface area contributed by atoms with Crippen molar-refractivity contribution >= 4 is 11.4 Å². The number of para-hydroxylation sites is 2. The Bertz CT molecular complexity index is 761. The third-order valence-electron chi connectivity index (χ3n) is 9.98. The van der Waals surface area contributed by atoms with Crippen molar-refractivity contribution in [2.24, 2.45) is 0 Å². The second kappa shape index (κ2) is 15.0. The number of hydrogen-bond donors (Lipinski definition) is 0. The van der Waals surface area contributed by atoms with E-state index < -0.39 is 0 Å². The van der Waals surface area contributed by atoms with Crippen molar-refractivity contribution in [3.8, 4) is 0 Å². The lowest BCUT2D eigenvalue weighted by Crippen LogP contribution is -2.45. The van der Waals surface area contributed by atoms with E-state index in [9.17, 15) is 0 Å². The molecule has 4 saturated carbocycles. The molecular weight excluding hydrogens is 460 g/mol. The molecule has 0 unspecified atom stereocenters. The molecule has 2 aromatic rings. The summed E-state index contributed by atoms with van der Waals surface area (Å²) in [7, 11) is 0. The molecule has 38 heavy (non-hydrogen) atoms. The summed E-state index contributed by atoms with van der Waals surface area (Å²) < 4.78 is 0. The summed E-state index contributed by atoms with van der Waals surface area (Å²) in [6.07, 6.45) is 28.5. The summed E-state index contributed by atoms with van der Waals surface area (Å²) in [5.74, 6) is 0. The molecular formula is C36H54N2. The Morgan fingerprint density at radius 2 is 0.553 bits per heavy atom. The molecule has 0 atom stereocenters. The third-order valence-corrected chi connectivity index (χ3v) is 9.98. The monoisotopic (exact) mass is 514 g/mol. The van der Waals surface area contributed by atoms with Crippen LogP contribution in [0.3, 0.4) is 0 Å². The SMILES string of the molecule is c1ccc(N(C2CCCCC2)C2CCCCC2)cc1.c1ccc(N(C2CCCCC2)C2CCCCC2)cc1. The summed E-state index contributed by atoms with van der Waals surface area (Å²) in [6.45, 7) is 0. The fourth-order valence-corrected chi connectivity index (χ4v) is 8.08. The standard InChI is InChI=1S/2C18H27N/c2*1-4-10-16(11-5-1)19(17-12-6-2-7-13-17)18-14-8-3-9-15-18/h2*1,4-5,10-11,17-18H,2-3,6-9,12-15H2. The molecule has 2 nitrogen and oxygen atoms in total. The van der Waals surface area contributed by atoms with Crippen molar-refractivity contribution in [1.29, 1.82) is 0 Å². The van der Waals surface area contributed by atoms with Crippen LogP contribution >= 0.6 is 0 Å². The predicted octanol–water partition coefficient (Wildman–Crippen LogP) is 10.3. The van der Waals surface area contributed by atoms with Crippen molar-refractivity contribution in [1.82, 2.24) is 0 Å². The molecule has 6 rings (SSSR count). The van der Waals surface area contributed by atoms with Gasteiger partial charge in [0.05, 0.1) is 0 Å². The first kappa shape index (κ1) is 27.6. The van der Waals surface area contributed by atoms with Crippen LogP contribution in [-0.4, -0.2) is 24.2 Å². The molecule has 0 radical (unpaired) electrons. The molecule has 2 aromatic carbocycles. The molecule has 2 heteroatoms. The van der Waals surface area contributed by atoms with Crippen LogP contribution in [0.4, 0.5) is 11.4 Å². The minimum absolute atomic E-state index is 0.805.